The highest BCUT2D eigenvalue weighted by atomic mass is 35.5. The molecule has 0 spiro atoms. The SMILES string of the molecule is CCC1CCCC1NCc1ccc(Cl)nc1. The Labute approximate surface area is 102 Å². The van der Waals surface area contributed by atoms with E-state index in [0.29, 0.717) is 11.2 Å². The first kappa shape index (κ1) is 11.9. The minimum Gasteiger partial charge on any atom is -0.310 e. The maximum atomic E-state index is 5.75. The van der Waals surface area contributed by atoms with Gasteiger partial charge in [0.05, 0.1) is 0 Å². The Morgan fingerprint density at radius 2 is 2.31 bits per heavy atom. The van der Waals surface area contributed by atoms with Crippen LogP contribution in [-0.4, -0.2) is 11.0 Å². The highest BCUT2D eigenvalue weighted by molar-refractivity contribution is 6.29. The van der Waals surface area contributed by atoms with Gasteiger partial charge < -0.3 is 5.32 Å². The number of halogens is 1. The number of hydrogen-bond acceptors (Lipinski definition) is 2. The largest absolute Gasteiger partial charge is 0.310 e. The fourth-order valence-electron chi connectivity index (χ4n) is 2.55. The van der Waals surface area contributed by atoms with Crippen LogP contribution in [0.1, 0.15) is 38.2 Å². The van der Waals surface area contributed by atoms with Crippen LogP contribution >= 0.6 is 11.6 Å². The number of hydrogen-bond donors (Lipinski definition) is 1. The minimum atomic E-state index is 0.566. The van der Waals surface area contributed by atoms with Crippen molar-refractivity contribution in [1.29, 1.82) is 0 Å². The normalized spacial score (nSPS) is 24.9. The average molecular weight is 239 g/mol. The molecule has 0 radical (unpaired) electrons. The van der Waals surface area contributed by atoms with Crippen molar-refractivity contribution in [3.05, 3.63) is 29.0 Å². The topological polar surface area (TPSA) is 24.9 Å². The molecule has 3 heteroatoms. The lowest BCUT2D eigenvalue weighted by Crippen LogP contribution is -2.31. The summed E-state index contributed by atoms with van der Waals surface area (Å²) in [6.07, 6.45) is 7.21. The van der Waals surface area contributed by atoms with Gasteiger partial charge in [0.2, 0.25) is 0 Å². The first-order valence-electron chi connectivity index (χ1n) is 6.13. The van der Waals surface area contributed by atoms with Crippen LogP contribution in [0.2, 0.25) is 5.15 Å². The third-order valence-corrected chi connectivity index (χ3v) is 3.76. The molecule has 0 aromatic carbocycles. The zero-order valence-electron chi connectivity index (χ0n) is 9.75. The monoisotopic (exact) mass is 238 g/mol. The van der Waals surface area contributed by atoms with Gasteiger partial charge in [-0.25, -0.2) is 4.98 Å². The maximum absolute atomic E-state index is 5.75. The van der Waals surface area contributed by atoms with Crippen LogP contribution < -0.4 is 5.32 Å². The van der Waals surface area contributed by atoms with Gasteiger partial charge in [-0.15, -0.1) is 0 Å². The summed E-state index contributed by atoms with van der Waals surface area (Å²) in [5.41, 5.74) is 1.21. The van der Waals surface area contributed by atoms with Crippen LogP contribution in [-0.2, 0) is 6.54 Å². The molecule has 1 aliphatic carbocycles. The van der Waals surface area contributed by atoms with Gasteiger partial charge in [0.15, 0.2) is 0 Å². The number of rotatable bonds is 4. The van der Waals surface area contributed by atoms with E-state index >= 15 is 0 Å². The molecule has 1 fully saturated rings. The fourth-order valence-corrected chi connectivity index (χ4v) is 2.67. The van der Waals surface area contributed by atoms with E-state index in [1.807, 2.05) is 18.3 Å². The van der Waals surface area contributed by atoms with Crippen molar-refractivity contribution < 1.29 is 0 Å². The van der Waals surface area contributed by atoms with Crippen LogP contribution in [0.3, 0.4) is 0 Å². The Hall–Kier alpha value is -0.600. The summed E-state index contributed by atoms with van der Waals surface area (Å²) in [5.74, 6) is 0.861. The smallest absolute Gasteiger partial charge is 0.129 e. The summed E-state index contributed by atoms with van der Waals surface area (Å²) in [6.45, 7) is 3.19. The van der Waals surface area contributed by atoms with Crippen LogP contribution in [0.5, 0.6) is 0 Å². The van der Waals surface area contributed by atoms with Crippen molar-refractivity contribution >= 4 is 11.6 Å². The van der Waals surface area contributed by atoms with Gasteiger partial charge in [-0.1, -0.05) is 37.4 Å². The zero-order valence-corrected chi connectivity index (χ0v) is 10.5. The van der Waals surface area contributed by atoms with Crippen molar-refractivity contribution in [2.75, 3.05) is 0 Å². The second kappa shape index (κ2) is 5.65. The number of nitrogens with one attached hydrogen (secondary N) is 1. The Kier molecular flexibility index (Phi) is 4.19. The van der Waals surface area contributed by atoms with Crippen LogP contribution in [0.25, 0.3) is 0 Å². The molecule has 88 valence electrons. The second-order valence-corrected chi connectivity index (χ2v) is 4.96. The summed E-state index contributed by atoms with van der Waals surface area (Å²) < 4.78 is 0. The molecule has 0 amide bonds. The first-order chi connectivity index (χ1) is 7.79. The Morgan fingerprint density at radius 1 is 1.44 bits per heavy atom. The predicted molar refractivity (Wildman–Crippen MR) is 67.5 cm³/mol. The molecule has 1 heterocycles. The standard InChI is InChI=1S/C13H19ClN2/c1-2-11-4-3-5-12(11)15-8-10-6-7-13(14)16-9-10/h6-7,9,11-12,15H,2-5,8H2,1H3. The summed E-state index contributed by atoms with van der Waals surface area (Å²) in [6, 6.07) is 4.59. The lowest BCUT2D eigenvalue weighted by atomic mass is 10.0. The van der Waals surface area contributed by atoms with Crippen molar-refractivity contribution in [3.8, 4) is 0 Å². The molecule has 1 N–H and O–H groups in total. The fraction of sp³-hybridized carbons (Fsp3) is 0.615. The molecular formula is C13H19ClN2. The van der Waals surface area contributed by atoms with E-state index in [2.05, 4.69) is 17.2 Å². The number of aromatic nitrogens is 1. The van der Waals surface area contributed by atoms with E-state index in [4.69, 9.17) is 11.6 Å². The molecule has 0 saturated heterocycles. The summed E-state index contributed by atoms with van der Waals surface area (Å²) in [4.78, 5) is 4.09. The molecule has 2 atom stereocenters. The maximum Gasteiger partial charge on any atom is 0.129 e. The van der Waals surface area contributed by atoms with Crippen molar-refractivity contribution in [1.82, 2.24) is 10.3 Å². The van der Waals surface area contributed by atoms with Gasteiger partial charge in [0.1, 0.15) is 5.15 Å². The van der Waals surface area contributed by atoms with Gasteiger partial charge in [-0.05, 0) is 30.4 Å². The molecule has 1 aromatic heterocycles. The minimum absolute atomic E-state index is 0.566. The molecule has 1 saturated carbocycles. The molecule has 2 rings (SSSR count). The van der Waals surface area contributed by atoms with Crippen LogP contribution in [0.4, 0.5) is 0 Å². The molecule has 16 heavy (non-hydrogen) atoms. The molecule has 2 nitrogen and oxygen atoms in total. The van der Waals surface area contributed by atoms with E-state index in [1.54, 1.807) is 0 Å². The van der Waals surface area contributed by atoms with Crippen molar-refractivity contribution in [2.24, 2.45) is 5.92 Å². The average Bonchev–Trinajstić information content (AvgIpc) is 2.76. The predicted octanol–water partition coefficient (Wildman–Crippen LogP) is 3.40. The Balaban J connectivity index is 1.85. The van der Waals surface area contributed by atoms with Crippen molar-refractivity contribution in [2.45, 2.75) is 45.2 Å². The van der Waals surface area contributed by atoms with Gasteiger partial charge in [-0.2, -0.15) is 0 Å². The van der Waals surface area contributed by atoms with Crippen LogP contribution in [0.15, 0.2) is 18.3 Å². The van der Waals surface area contributed by atoms with Gasteiger partial charge in [-0.3, -0.25) is 0 Å². The van der Waals surface area contributed by atoms with E-state index in [9.17, 15) is 0 Å². The summed E-state index contributed by atoms with van der Waals surface area (Å²) >= 11 is 5.75. The lowest BCUT2D eigenvalue weighted by molar-refractivity contribution is 0.389. The Bertz CT molecular complexity index is 323. The van der Waals surface area contributed by atoms with Crippen molar-refractivity contribution in [3.63, 3.8) is 0 Å². The lowest BCUT2D eigenvalue weighted by Gasteiger charge is -2.19. The Morgan fingerprint density at radius 3 is 3.00 bits per heavy atom. The quantitative estimate of drug-likeness (QED) is 0.814. The summed E-state index contributed by atoms with van der Waals surface area (Å²) in [7, 11) is 0. The van der Waals surface area contributed by atoms with E-state index in [-0.39, 0.29) is 0 Å². The first-order valence-corrected chi connectivity index (χ1v) is 6.51. The molecule has 0 aliphatic heterocycles. The number of nitrogens with zero attached hydrogens (tertiary/aromatic N) is 1. The second-order valence-electron chi connectivity index (χ2n) is 4.58. The summed E-state index contributed by atoms with van der Waals surface area (Å²) in [5, 5.41) is 4.20. The van der Waals surface area contributed by atoms with Gasteiger partial charge in [0, 0.05) is 18.8 Å². The molecule has 1 aliphatic rings. The highest BCUT2D eigenvalue weighted by Gasteiger charge is 2.24. The number of pyridine rings is 1. The zero-order chi connectivity index (χ0) is 11.4. The van der Waals surface area contributed by atoms with E-state index < -0.39 is 0 Å². The molecule has 0 bridgehead atoms. The highest BCUT2D eigenvalue weighted by Crippen LogP contribution is 2.28. The van der Waals surface area contributed by atoms with Crippen LogP contribution in [0, 0.1) is 5.92 Å². The third-order valence-electron chi connectivity index (χ3n) is 3.54. The third kappa shape index (κ3) is 2.96. The van der Waals surface area contributed by atoms with Gasteiger partial charge in [0.25, 0.3) is 0 Å². The van der Waals surface area contributed by atoms with E-state index in [0.717, 1.165) is 12.5 Å². The van der Waals surface area contributed by atoms with E-state index in [1.165, 1.54) is 31.2 Å². The van der Waals surface area contributed by atoms with Gasteiger partial charge >= 0.3 is 0 Å². The molecule has 2 unspecified atom stereocenters. The molecular weight excluding hydrogens is 220 g/mol. The molecule has 1 aromatic rings.